The zero-order chi connectivity index (χ0) is 21.1. The second-order valence-corrected chi connectivity index (χ2v) is 6.83. The van der Waals surface area contributed by atoms with E-state index in [1.54, 1.807) is 42.2 Å². The summed E-state index contributed by atoms with van der Waals surface area (Å²) in [5, 5.41) is 12.2. The molecule has 0 atom stereocenters. The van der Waals surface area contributed by atoms with E-state index >= 15 is 0 Å². The largest absolute Gasteiger partial charge is 0.497 e. The van der Waals surface area contributed by atoms with Crippen molar-refractivity contribution in [1.82, 2.24) is 15.0 Å². The monoisotopic (exact) mass is 422 g/mol. The van der Waals surface area contributed by atoms with Gasteiger partial charge in [-0.05, 0) is 67.6 Å². The number of fused-ring (bicyclic) bond motifs is 1. The molecule has 0 saturated heterocycles. The summed E-state index contributed by atoms with van der Waals surface area (Å²) in [4.78, 5) is 14.1. The van der Waals surface area contributed by atoms with Crippen LogP contribution in [-0.2, 0) is 0 Å². The zero-order valence-corrected chi connectivity index (χ0v) is 17.2. The molecule has 1 amide bonds. The SMILES string of the molecule is CCOc1ccc(C(=O)Nc2ccc3nn(-c4ccc(OC)cc4)nc3c2)cc1Cl. The molecule has 0 aliphatic rings. The Morgan fingerprint density at radius 3 is 2.50 bits per heavy atom. The molecule has 1 N–H and O–H groups in total. The van der Waals surface area contributed by atoms with Crippen molar-refractivity contribution in [3.8, 4) is 17.2 Å². The van der Waals surface area contributed by atoms with Gasteiger partial charge in [0.25, 0.3) is 5.91 Å². The van der Waals surface area contributed by atoms with Crippen LogP contribution >= 0.6 is 11.6 Å². The van der Waals surface area contributed by atoms with E-state index in [-0.39, 0.29) is 5.91 Å². The fourth-order valence-electron chi connectivity index (χ4n) is 2.94. The van der Waals surface area contributed by atoms with E-state index in [9.17, 15) is 4.79 Å². The van der Waals surface area contributed by atoms with Crippen LogP contribution in [-0.4, -0.2) is 34.6 Å². The molecule has 1 aromatic heterocycles. The van der Waals surface area contributed by atoms with Crippen LogP contribution in [0.25, 0.3) is 16.7 Å². The highest BCUT2D eigenvalue weighted by Crippen LogP contribution is 2.26. The lowest BCUT2D eigenvalue weighted by atomic mass is 10.2. The van der Waals surface area contributed by atoms with Crippen molar-refractivity contribution in [1.29, 1.82) is 0 Å². The summed E-state index contributed by atoms with van der Waals surface area (Å²) in [5.41, 5.74) is 3.23. The van der Waals surface area contributed by atoms with Crippen LogP contribution in [0, 0.1) is 0 Å². The van der Waals surface area contributed by atoms with Gasteiger partial charge in [0.15, 0.2) is 0 Å². The highest BCUT2D eigenvalue weighted by atomic mass is 35.5. The van der Waals surface area contributed by atoms with Gasteiger partial charge >= 0.3 is 0 Å². The fourth-order valence-corrected chi connectivity index (χ4v) is 3.18. The van der Waals surface area contributed by atoms with Gasteiger partial charge in [-0.25, -0.2) is 0 Å². The minimum absolute atomic E-state index is 0.276. The number of carbonyl (C=O) groups excluding carboxylic acids is 1. The third-order valence-corrected chi connectivity index (χ3v) is 4.73. The number of aromatic nitrogens is 3. The van der Waals surface area contributed by atoms with Crippen LogP contribution in [0.4, 0.5) is 5.69 Å². The second kappa shape index (κ2) is 8.42. The number of ether oxygens (including phenoxy) is 2. The topological polar surface area (TPSA) is 78.3 Å². The number of nitrogens with one attached hydrogen (secondary N) is 1. The third-order valence-electron chi connectivity index (χ3n) is 4.44. The summed E-state index contributed by atoms with van der Waals surface area (Å²) in [7, 11) is 1.62. The smallest absolute Gasteiger partial charge is 0.255 e. The normalized spacial score (nSPS) is 10.8. The number of nitrogens with zero attached hydrogens (tertiary/aromatic N) is 3. The van der Waals surface area contributed by atoms with E-state index in [0.717, 1.165) is 11.4 Å². The van der Waals surface area contributed by atoms with Crippen molar-refractivity contribution < 1.29 is 14.3 Å². The van der Waals surface area contributed by atoms with E-state index in [1.165, 1.54) is 0 Å². The molecule has 0 aliphatic heterocycles. The van der Waals surface area contributed by atoms with Gasteiger partial charge in [-0.15, -0.1) is 10.2 Å². The average molecular weight is 423 g/mol. The molecule has 30 heavy (non-hydrogen) atoms. The Morgan fingerprint density at radius 2 is 1.80 bits per heavy atom. The maximum Gasteiger partial charge on any atom is 0.255 e. The number of hydrogen-bond donors (Lipinski definition) is 1. The molecule has 0 spiro atoms. The Labute approximate surface area is 178 Å². The van der Waals surface area contributed by atoms with Crippen LogP contribution in [0.5, 0.6) is 11.5 Å². The van der Waals surface area contributed by atoms with Crippen molar-refractivity contribution in [2.75, 3.05) is 19.0 Å². The lowest BCUT2D eigenvalue weighted by Gasteiger charge is -2.08. The van der Waals surface area contributed by atoms with Gasteiger partial charge in [0, 0.05) is 11.3 Å². The summed E-state index contributed by atoms with van der Waals surface area (Å²) >= 11 is 6.18. The number of hydrogen-bond acceptors (Lipinski definition) is 5. The summed E-state index contributed by atoms with van der Waals surface area (Å²) < 4.78 is 10.6. The number of amides is 1. The zero-order valence-electron chi connectivity index (χ0n) is 16.4. The molecular formula is C22H19ClN4O3. The Balaban J connectivity index is 1.54. The van der Waals surface area contributed by atoms with Crippen LogP contribution in [0.1, 0.15) is 17.3 Å². The number of carbonyl (C=O) groups is 1. The molecule has 0 aliphatic carbocycles. The number of anilines is 1. The Kier molecular flexibility index (Phi) is 5.54. The van der Waals surface area contributed by atoms with E-state index in [1.807, 2.05) is 37.3 Å². The second-order valence-electron chi connectivity index (χ2n) is 6.42. The van der Waals surface area contributed by atoms with Gasteiger partial charge in [-0.1, -0.05) is 11.6 Å². The van der Waals surface area contributed by atoms with Crippen molar-refractivity contribution in [2.45, 2.75) is 6.92 Å². The molecule has 0 unspecified atom stereocenters. The van der Waals surface area contributed by atoms with E-state index in [4.69, 9.17) is 21.1 Å². The molecule has 1 heterocycles. The first-order chi connectivity index (χ1) is 14.6. The standard InChI is InChI=1S/C22H19ClN4O3/c1-3-30-21-11-4-14(12-18(21)23)22(28)24-15-5-10-19-20(13-15)26-27(25-19)16-6-8-17(29-2)9-7-16/h4-13H,3H2,1-2H3,(H,24,28). The Bertz CT molecular complexity index is 1200. The van der Waals surface area contributed by atoms with Gasteiger partial charge in [0.1, 0.15) is 22.5 Å². The summed E-state index contributed by atoms with van der Waals surface area (Å²) in [5.74, 6) is 1.03. The van der Waals surface area contributed by atoms with Gasteiger partial charge in [0.2, 0.25) is 0 Å². The highest BCUT2D eigenvalue weighted by molar-refractivity contribution is 6.32. The molecule has 0 radical (unpaired) electrons. The average Bonchev–Trinajstić information content (AvgIpc) is 3.18. The van der Waals surface area contributed by atoms with E-state index < -0.39 is 0 Å². The van der Waals surface area contributed by atoms with Gasteiger partial charge in [0.05, 0.1) is 24.4 Å². The van der Waals surface area contributed by atoms with E-state index in [2.05, 4.69) is 15.5 Å². The summed E-state index contributed by atoms with van der Waals surface area (Å²) in [6, 6.07) is 17.7. The summed E-state index contributed by atoms with van der Waals surface area (Å²) in [6.45, 7) is 2.38. The molecule has 7 nitrogen and oxygen atoms in total. The molecule has 4 rings (SSSR count). The summed E-state index contributed by atoms with van der Waals surface area (Å²) in [6.07, 6.45) is 0. The molecule has 152 valence electrons. The highest BCUT2D eigenvalue weighted by Gasteiger charge is 2.12. The van der Waals surface area contributed by atoms with Crippen molar-refractivity contribution >= 4 is 34.2 Å². The minimum atomic E-state index is -0.276. The van der Waals surface area contributed by atoms with E-state index in [0.29, 0.717) is 39.7 Å². The van der Waals surface area contributed by atoms with Crippen molar-refractivity contribution in [3.63, 3.8) is 0 Å². The predicted octanol–water partition coefficient (Wildman–Crippen LogP) is 4.73. The fraction of sp³-hybridized carbons (Fsp3) is 0.136. The maximum absolute atomic E-state index is 12.6. The number of halogens is 1. The quantitative estimate of drug-likeness (QED) is 0.485. The van der Waals surface area contributed by atoms with Gasteiger partial charge < -0.3 is 14.8 Å². The first-order valence-corrected chi connectivity index (χ1v) is 9.70. The molecule has 0 fully saturated rings. The molecule has 8 heteroatoms. The first-order valence-electron chi connectivity index (χ1n) is 9.32. The Hall–Kier alpha value is -3.58. The third kappa shape index (κ3) is 4.06. The lowest BCUT2D eigenvalue weighted by Crippen LogP contribution is -2.11. The molecule has 0 saturated carbocycles. The predicted molar refractivity (Wildman–Crippen MR) is 116 cm³/mol. The Morgan fingerprint density at radius 1 is 1.03 bits per heavy atom. The molecule has 4 aromatic rings. The first kappa shape index (κ1) is 19.7. The maximum atomic E-state index is 12.6. The molecular weight excluding hydrogens is 404 g/mol. The number of methoxy groups -OCH3 is 1. The van der Waals surface area contributed by atoms with Crippen LogP contribution in [0.2, 0.25) is 5.02 Å². The van der Waals surface area contributed by atoms with Gasteiger partial charge in [-0.3, -0.25) is 4.79 Å². The number of rotatable bonds is 6. The van der Waals surface area contributed by atoms with Gasteiger partial charge in [-0.2, -0.15) is 4.80 Å². The van der Waals surface area contributed by atoms with Crippen LogP contribution in [0.15, 0.2) is 60.7 Å². The lowest BCUT2D eigenvalue weighted by molar-refractivity contribution is 0.102. The minimum Gasteiger partial charge on any atom is -0.497 e. The van der Waals surface area contributed by atoms with Crippen molar-refractivity contribution in [3.05, 3.63) is 71.2 Å². The number of benzene rings is 3. The van der Waals surface area contributed by atoms with Crippen molar-refractivity contribution in [2.24, 2.45) is 0 Å². The molecule has 3 aromatic carbocycles. The molecule has 0 bridgehead atoms. The van der Waals surface area contributed by atoms with Crippen LogP contribution in [0.3, 0.4) is 0 Å². The van der Waals surface area contributed by atoms with Crippen LogP contribution < -0.4 is 14.8 Å².